The molecule has 1 atom stereocenters. The normalized spacial score (nSPS) is 20.9. The van der Waals surface area contributed by atoms with Gasteiger partial charge in [-0.25, -0.2) is 15.0 Å². The van der Waals surface area contributed by atoms with Crippen LogP contribution in [0.1, 0.15) is 37.8 Å². The number of anilines is 2. The molecule has 3 N–H and O–H groups in total. The van der Waals surface area contributed by atoms with Crippen molar-refractivity contribution in [3.05, 3.63) is 35.4 Å². The van der Waals surface area contributed by atoms with Crippen LogP contribution >= 0.6 is 11.6 Å². The molecular formula is C22H28ClN7. The van der Waals surface area contributed by atoms with Gasteiger partial charge in [-0.3, -0.25) is 4.40 Å². The van der Waals surface area contributed by atoms with Crippen LogP contribution in [-0.4, -0.2) is 45.5 Å². The largest absolute Gasteiger partial charge is 0.372 e. The molecule has 3 aromatic heterocycles. The third-order valence-corrected chi connectivity index (χ3v) is 7.51. The van der Waals surface area contributed by atoms with Crippen LogP contribution in [0.25, 0.3) is 16.8 Å². The highest BCUT2D eigenvalue weighted by atomic mass is 35.5. The van der Waals surface area contributed by atoms with Gasteiger partial charge in [-0.1, -0.05) is 18.0 Å². The molecule has 1 saturated carbocycles. The molecule has 0 amide bonds. The molecule has 1 aliphatic heterocycles. The van der Waals surface area contributed by atoms with Crippen LogP contribution in [0.4, 0.5) is 11.8 Å². The van der Waals surface area contributed by atoms with Crippen LogP contribution in [0.2, 0.25) is 5.02 Å². The lowest BCUT2D eigenvalue weighted by Crippen LogP contribution is -2.47. The Morgan fingerprint density at radius 1 is 1.20 bits per heavy atom. The van der Waals surface area contributed by atoms with E-state index in [9.17, 15) is 0 Å². The van der Waals surface area contributed by atoms with Gasteiger partial charge in [-0.15, -0.1) is 0 Å². The summed E-state index contributed by atoms with van der Waals surface area (Å²) in [6, 6.07) is 2.27. The Bertz CT molecular complexity index is 1080. The third kappa shape index (κ3) is 2.94. The molecule has 0 bridgehead atoms. The average molecular weight is 426 g/mol. The number of nitrogens with two attached hydrogens (primary N) is 1. The Balaban J connectivity index is 1.54. The summed E-state index contributed by atoms with van der Waals surface area (Å²) in [5, 5.41) is 3.63. The zero-order valence-electron chi connectivity index (χ0n) is 17.5. The Morgan fingerprint density at radius 2 is 2.00 bits per heavy atom. The minimum absolute atomic E-state index is 0.327. The maximum absolute atomic E-state index is 6.64. The first kappa shape index (κ1) is 19.6. The highest BCUT2D eigenvalue weighted by Crippen LogP contribution is 2.46. The van der Waals surface area contributed by atoms with Gasteiger partial charge in [0.2, 0.25) is 5.95 Å². The predicted molar refractivity (Wildman–Crippen MR) is 121 cm³/mol. The molecular weight excluding hydrogens is 398 g/mol. The number of fused-ring (bicyclic) bond motifs is 1. The van der Waals surface area contributed by atoms with Gasteiger partial charge in [0.05, 0.1) is 10.7 Å². The maximum atomic E-state index is 6.64. The van der Waals surface area contributed by atoms with Crippen molar-refractivity contribution in [2.24, 2.45) is 11.1 Å². The topological polar surface area (TPSA) is 84.4 Å². The number of aromatic nitrogens is 4. The van der Waals surface area contributed by atoms with Gasteiger partial charge in [-0.05, 0) is 44.1 Å². The second kappa shape index (κ2) is 7.39. The van der Waals surface area contributed by atoms with E-state index in [4.69, 9.17) is 22.3 Å². The monoisotopic (exact) mass is 425 g/mol. The first-order valence-corrected chi connectivity index (χ1v) is 11.1. The highest BCUT2D eigenvalue weighted by Gasteiger charge is 2.43. The Morgan fingerprint density at radius 3 is 2.70 bits per heavy atom. The van der Waals surface area contributed by atoms with E-state index in [1.54, 1.807) is 6.20 Å². The lowest BCUT2D eigenvalue weighted by Gasteiger charge is -2.42. The van der Waals surface area contributed by atoms with Crippen molar-refractivity contribution < 1.29 is 0 Å². The van der Waals surface area contributed by atoms with Crippen LogP contribution in [-0.2, 0) is 0 Å². The van der Waals surface area contributed by atoms with Crippen LogP contribution in [0.15, 0.2) is 24.7 Å². The Kier molecular flexibility index (Phi) is 4.82. The standard InChI is InChI=1S/C22H28ClN7/c1-14-17(15-5-9-26-19(25-2)18(15)23)20-27-10-13-30(20)21(28-14)29-11-7-22(8-12-29)6-3-4-16(22)24/h5,9-10,13,16H,3-4,6-8,11-12,24H2,1-2H3,(H,25,26)/t16-/m1/s1. The van der Waals surface area contributed by atoms with Crippen molar-refractivity contribution in [3.8, 4) is 11.1 Å². The molecule has 1 saturated heterocycles. The summed E-state index contributed by atoms with van der Waals surface area (Å²) in [6.07, 6.45) is 11.5. The fourth-order valence-corrected chi connectivity index (χ4v) is 5.66. The molecule has 30 heavy (non-hydrogen) atoms. The number of piperidine rings is 1. The molecule has 2 aliphatic rings. The van der Waals surface area contributed by atoms with Crippen molar-refractivity contribution in [1.29, 1.82) is 0 Å². The number of aryl methyl sites for hydroxylation is 1. The quantitative estimate of drug-likeness (QED) is 0.662. The summed E-state index contributed by atoms with van der Waals surface area (Å²) >= 11 is 6.64. The van der Waals surface area contributed by atoms with Crippen molar-refractivity contribution in [2.75, 3.05) is 30.4 Å². The van der Waals surface area contributed by atoms with Gasteiger partial charge in [0, 0.05) is 55.9 Å². The number of nitrogens with zero attached hydrogens (tertiary/aromatic N) is 5. The number of halogens is 1. The zero-order chi connectivity index (χ0) is 20.9. The number of pyridine rings is 1. The summed E-state index contributed by atoms with van der Waals surface area (Å²) in [7, 11) is 1.82. The minimum Gasteiger partial charge on any atom is -0.372 e. The van der Waals surface area contributed by atoms with E-state index in [-0.39, 0.29) is 0 Å². The fourth-order valence-electron chi connectivity index (χ4n) is 5.36. The summed E-state index contributed by atoms with van der Waals surface area (Å²) in [4.78, 5) is 16.4. The van der Waals surface area contributed by atoms with Crippen molar-refractivity contribution >= 4 is 29.0 Å². The summed E-state index contributed by atoms with van der Waals surface area (Å²) in [5.41, 5.74) is 10.4. The molecule has 5 rings (SSSR count). The molecule has 4 heterocycles. The van der Waals surface area contributed by atoms with E-state index in [2.05, 4.69) is 24.6 Å². The molecule has 0 radical (unpaired) electrons. The van der Waals surface area contributed by atoms with Crippen LogP contribution in [0.3, 0.4) is 0 Å². The van der Waals surface area contributed by atoms with E-state index in [0.717, 1.165) is 54.3 Å². The number of hydrogen-bond donors (Lipinski definition) is 2. The van der Waals surface area contributed by atoms with Gasteiger partial charge >= 0.3 is 0 Å². The molecule has 0 unspecified atom stereocenters. The molecule has 158 valence electrons. The van der Waals surface area contributed by atoms with Crippen LogP contribution < -0.4 is 16.0 Å². The zero-order valence-corrected chi connectivity index (χ0v) is 18.3. The van der Waals surface area contributed by atoms with E-state index in [1.165, 1.54) is 19.3 Å². The molecule has 3 aromatic rings. The van der Waals surface area contributed by atoms with Gasteiger partial charge in [0.1, 0.15) is 11.5 Å². The first-order chi connectivity index (χ1) is 14.5. The number of hydrogen-bond acceptors (Lipinski definition) is 6. The van der Waals surface area contributed by atoms with Crippen LogP contribution in [0, 0.1) is 12.3 Å². The van der Waals surface area contributed by atoms with Crippen molar-refractivity contribution in [2.45, 2.75) is 45.1 Å². The number of rotatable bonds is 3. The fraction of sp³-hybridized carbons (Fsp3) is 0.500. The maximum Gasteiger partial charge on any atom is 0.211 e. The highest BCUT2D eigenvalue weighted by molar-refractivity contribution is 6.35. The Hall–Kier alpha value is -2.38. The lowest BCUT2D eigenvalue weighted by molar-refractivity contribution is 0.197. The van der Waals surface area contributed by atoms with Gasteiger partial charge < -0.3 is 16.0 Å². The van der Waals surface area contributed by atoms with Gasteiger partial charge in [0.15, 0.2) is 0 Å². The second-order valence-corrected chi connectivity index (χ2v) is 8.99. The number of nitrogens with one attached hydrogen (secondary N) is 1. The smallest absolute Gasteiger partial charge is 0.211 e. The SMILES string of the molecule is CNc1nccc(-c2c(C)nc(N3CCC4(CCC[C@H]4N)CC3)n3ccnc23)c1Cl. The van der Waals surface area contributed by atoms with Crippen molar-refractivity contribution in [3.63, 3.8) is 0 Å². The van der Waals surface area contributed by atoms with Crippen molar-refractivity contribution in [1.82, 2.24) is 19.4 Å². The Labute approximate surface area is 181 Å². The predicted octanol–water partition coefficient (Wildman–Crippen LogP) is 3.89. The molecule has 1 spiro atoms. The summed E-state index contributed by atoms with van der Waals surface area (Å²) in [6.45, 7) is 3.99. The van der Waals surface area contributed by atoms with Crippen LogP contribution in [0.5, 0.6) is 0 Å². The van der Waals surface area contributed by atoms with Gasteiger partial charge in [-0.2, -0.15) is 0 Å². The molecule has 1 aliphatic carbocycles. The molecule has 7 nitrogen and oxygen atoms in total. The lowest BCUT2D eigenvalue weighted by atomic mass is 9.74. The summed E-state index contributed by atoms with van der Waals surface area (Å²) < 4.78 is 2.09. The van der Waals surface area contributed by atoms with Gasteiger partial charge in [0.25, 0.3) is 0 Å². The molecule has 8 heteroatoms. The number of imidazole rings is 1. The van der Waals surface area contributed by atoms with E-state index < -0.39 is 0 Å². The van der Waals surface area contributed by atoms with E-state index in [0.29, 0.717) is 22.3 Å². The summed E-state index contributed by atoms with van der Waals surface area (Å²) in [5.74, 6) is 1.60. The third-order valence-electron chi connectivity index (χ3n) is 7.12. The second-order valence-electron chi connectivity index (χ2n) is 8.61. The average Bonchev–Trinajstić information content (AvgIpc) is 3.37. The van der Waals surface area contributed by atoms with E-state index in [1.807, 2.05) is 32.4 Å². The minimum atomic E-state index is 0.327. The molecule has 2 fully saturated rings. The molecule has 0 aromatic carbocycles. The first-order valence-electron chi connectivity index (χ1n) is 10.7. The van der Waals surface area contributed by atoms with E-state index >= 15 is 0 Å².